The smallest absolute Gasteiger partial charge is 0.258 e. The largest absolute Gasteiger partial charge is 0.311 e. The van der Waals surface area contributed by atoms with Crippen molar-refractivity contribution in [3.05, 3.63) is 64.8 Å². The Labute approximate surface area is 143 Å². The van der Waals surface area contributed by atoms with Crippen molar-refractivity contribution in [3.63, 3.8) is 0 Å². The second kappa shape index (κ2) is 6.52. The average molecular weight is 338 g/mol. The Morgan fingerprint density at radius 2 is 2.00 bits per heavy atom. The third kappa shape index (κ3) is 2.98. The molecular weight excluding hydrogens is 326 g/mol. The lowest BCUT2D eigenvalue weighted by Gasteiger charge is -2.17. The Morgan fingerprint density at radius 1 is 1.25 bits per heavy atom. The fourth-order valence-corrected chi connectivity index (χ4v) is 2.41. The summed E-state index contributed by atoms with van der Waals surface area (Å²) >= 11 is 5.87. The number of hydrogen-bond donors (Lipinski definition) is 1. The molecule has 2 aromatic carbocycles. The number of rotatable bonds is 3. The molecule has 0 radical (unpaired) electrons. The van der Waals surface area contributed by atoms with Gasteiger partial charge in [-0.15, -0.1) is 5.10 Å². The Morgan fingerprint density at radius 3 is 2.71 bits per heavy atom. The first-order valence-electron chi connectivity index (χ1n) is 7.05. The van der Waals surface area contributed by atoms with E-state index in [-0.39, 0.29) is 11.6 Å². The molecule has 24 heavy (non-hydrogen) atoms. The number of H-pyrrole nitrogens is 1. The molecule has 0 fully saturated rings. The van der Waals surface area contributed by atoms with Crippen molar-refractivity contribution in [2.24, 2.45) is 0 Å². The molecule has 3 aromatic rings. The number of carbonyl (C=O) groups is 1. The molecule has 1 N–H and O–H groups in total. The van der Waals surface area contributed by atoms with Crippen LogP contribution >= 0.6 is 11.6 Å². The number of halogens is 1. The molecule has 0 atom stereocenters. The molecule has 0 spiro atoms. The first kappa shape index (κ1) is 15.7. The van der Waals surface area contributed by atoms with Crippen LogP contribution in [0, 0.1) is 11.3 Å². The standard InChI is InChI=1S/C17H12ClN5O/c1-23(14-7-5-13(18)6-8-14)17(24)12-4-2-3-11(9-12)16-15(10-19)20-22-21-16/h2-9H,1H3,(H,20,21,22). The Bertz CT molecular complexity index is 927. The summed E-state index contributed by atoms with van der Waals surface area (Å²) in [5, 5.41) is 19.7. The predicted molar refractivity (Wildman–Crippen MR) is 90.7 cm³/mol. The number of nitrogens with one attached hydrogen (secondary N) is 1. The van der Waals surface area contributed by atoms with Gasteiger partial charge in [0.1, 0.15) is 11.8 Å². The topological polar surface area (TPSA) is 85.7 Å². The van der Waals surface area contributed by atoms with Gasteiger partial charge in [-0.3, -0.25) is 4.79 Å². The predicted octanol–water partition coefficient (Wildman–Crippen LogP) is 3.27. The van der Waals surface area contributed by atoms with Crippen LogP contribution in [0.3, 0.4) is 0 Å². The number of amides is 1. The van der Waals surface area contributed by atoms with Crippen molar-refractivity contribution in [2.75, 3.05) is 11.9 Å². The zero-order valence-electron chi connectivity index (χ0n) is 12.7. The van der Waals surface area contributed by atoms with Gasteiger partial charge in [0.2, 0.25) is 0 Å². The molecule has 0 saturated carbocycles. The van der Waals surface area contributed by atoms with Gasteiger partial charge in [-0.2, -0.15) is 5.26 Å². The highest BCUT2D eigenvalue weighted by molar-refractivity contribution is 6.30. The summed E-state index contributed by atoms with van der Waals surface area (Å²) in [4.78, 5) is 14.2. The van der Waals surface area contributed by atoms with Crippen LogP contribution < -0.4 is 4.90 Å². The number of aromatic amines is 1. The average Bonchev–Trinajstić information content (AvgIpc) is 3.10. The van der Waals surface area contributed by atoms with Crippen LogP contribution in [0.4, 0.5) is 5.69 Å². The summed E-state index contributed by atoms with van der Waals surface area (Å²) in [6.07, 6.45) is 0. The highest BCUT2D eigenvalue weighted by Gasteiger charge is 2.16. The van der Waals surface area contributed by atoms with Gasteiger partial charge in [0.05, 0.1) is 0 Å². The van der Waals surface area contributed by atoms with Gasteiger partial charge in [-0.25, -0.2) is 5.10 Å². The third-order valence-electron chi connectivity index (χ3n) is 3.56. The van der Waals surface area contributed by atoms with Crippen LogP contribution in [0.25, 0.3) is 11.3 Å². The zero-order chi connectivity index (χ0) is 17.1. The minimum Gasteiger partial charge on any atom is -0.311 e. The second-order valence-electron chi connectivity index (χ2n) is 5.07. The van der Waals surface area contributed by atoms with E-state index in [4.69, 9.17) is 16.9 Å². The van der Waals surface area contributed by atoms with Crippen LogP contribution in [0.5, 0.6) is 0 Å². The Kier molecular flexibility index (Phi) is 4.27. The highest BCUT2D eigenvalue weighted by atomic mass is 35.5. The van der Waals surface area contributed by atoms with E-state index >= 15 is 0 Å². The van der Waals surface area contributed by atoms with Gasteiger partial charge in [-0.1, -0.05) is 28.9 Å². The van der Waals surface area contributed by atoms with Gasteiger partial charge < -0.3 is 4.90 Å². The van der Waals surface area contributed by atoms with Gasteiger partial charge in [-0.05, 0) is 36.4 Å². The molecule has 0 aliphatic rings. The van der Waals surface area contributed by atoms with Crippen LogP contribution in [0.2, 0.25) is 5.02 Å². The summed E-state index contributed by atoms with van der Waals surface area (Å²) < 4.78 is 0. The summed E-state index contributed by atoms with van der Waals surface area (Å²) in [5.41, 5.74) is 2.54. The van der Waals surface area contributed by atoms with Crippen LogP contribution in [-0.2, 0) is 0 Å². The minimum atomic E-state index is -0.179. The molecule has 1 aromatic heterocycles. The molecule has 0 unspecified atom stereocenters. The number of nitrogens with zero attached hydrogens (tertiary/aromatic N) is 4. The molecule has 0 bridgehead atoms. The third-order valence-corrected chi connectivity index (χ3v) is 3.81. The van der Waals surface area contributed by atoms with E-state index in [2.05, 4.69) is 15.4 Å². The molecule has 7 heteroatoms. The summed E-state index contributed by atoms with van der Waals surface area (Å²) in [6, 6.07) is 15.9. The van der Waals surface area contributed by atoms with Crippen molar-refractivity contribution in [1.82, 2.24) is 15.4 Å². The number of nitriles is 1. The molecule has 1 amide bonds. The van der Waals surface area contributed by atoms with E-state index in [1.165, 1.54) is 4.90 Å². The van der Waals surface area contributed by atoms with Crippen molar-refractivity contribution in [1.29, 1.82) is 5.26 Å². The minimum absolute atomic E-state index is 0.179. The zero-order valence-corrected chi connectivity index (χ0v) is 13.4. The normalized spacial score (nSPS) is 10.2. The fourth-order valence-electron chi connectivity index (χ4n) is 2.28. The van der Waals surface area contributed by atoms with Crippen LogP contribution in [0.1, 0.15) is 16.1 Å². The van der Waals surface area contributed by atoms with Crippen molar-refractivity contribution in [3.8, 4) is 17.3 Å². The van der Waals surface area contributed by atoms with Gasteiger partial charge in [0.25, 0.3) is 5.91 Å². The summed E-state index contributed by atoms with van der Waals surface area (Å²) in [7, 11) is 1.69. The van der Waals surface area contributed by atoms with Gasteiger partial charge >= 0.3 is 0 Å². The van der Waals surface area contributed by atoms with Gasteiger partial charge in [0.15, 0.2) is 5.69 Å². The van der Waals surface area contributed by atoms with E-state index in [1.54, 1.807) is 55.6 Å². The van der Waals surface area contributed by atoms with E-state index in [0.717, 1.165) is 5.69 Å². The van der Waals surface area contributed by atoms with E-state index < -0.39 is 0 Å². The monoisotopic (exact) mass is 337 g/mol. The van der Waals surface area contributed by atoms with Crippen molar-refractivity contribution < 1.29 is 4.79 Å². The van der Waals surface area contributed by atoms with Gasteiger partial charge in [0, 0.05) is 28.9 Å². The Balaban J connectivity index is 1.92. The van der Waals surface area contributed by atoms with E-state index in [9.17, 15) is 4.79 Å². The van der Waals surface area contributed by atoms with E-state index in [1.807, 2.05) is 6.07 Å². The first-order chi connectivity index (χ1) is 11.6. The van der Waals surface area contributed by atoms with Crippen molar-refractivity contribution in [2.45, 2.75) is 0 Å². The molecule has 118 valence electrons. The number of aromatic nitrogens is 3. The first-order valence-corrected chi connectivity index (χ1v) is 7.43. The lowest BCUT2D eigenvalue weighted by Crippen LogP contribution is -2.26. The Hall–Kier alpha value is -3.17. The summed E-state index contributed by atoms with van der Waals surface area (Å²) in [5.74, 6) is -0.179. The lowest BCUT2D eigenvalue weighted by molar-refractivity contribution is 0.0993. The molecule has 3 rings (SSSR count). The number of carbonyl (C=O) groups excluding carboxylic acids is 1. The van der Waals surface area contributed by atoms with Crippen LogP contribution in [-0.4, -0.2) is 28.4 Å². The molecule has 1 heterocycles. The summed E-state index contributed by atoms with van der Waals surface area (Å²) in [6.45, 7) is 0. The molecule has 6 nitrogen and oxygen atoms in total. The van der Waals surface area contributed by atoms with E-state index in [0.29, 0.717) is 21.8 Å². The quantitative estimate of drug-likeness (QED) is 0.794. The van der Waals surface area contributed by atoms with Crippen molar-refractivity contribution >= 4 is 23.2 Å². The highest BCUT2D eigenvalue weighted by Crippen LogP contribution is 2.23. The maximum atomic E-state index is 12.7. The molecule has 0 saturated heterocycles. The molecule has 0 aliphatic heterocycles. The maximum Gasteiger partial charge on any atom is 0.258 e. The number of anilines is 1. The maximum absolute atomic E-state index is 12.7. The lowest BCUT2D eigenvalue weighted by atomic mass is 10.1. The SMILES string of the molecule is CN(C(=O)c1cccc(-c2nn[nH]c2C#N)c1)c1ccc(Cl)cc1. The number of hydrogen-bond acceptors (Lipinski definition) is 4. The number of benzene rings is 2. The fraction of sp³-hybridized carbons (Fsp3) is 0.0588. The molecular formula is C17H12ClN5O. The molecule has 0 aliphatic carbocycles. The second-order valence-corrected chi connectivity index (χ2v) is 5.51. The van der Waals surface area contributed by atoms with Crippen LogP contribution in [0.15, 0.2) is 48.5 Å².